The standard InChI is InChI=1S/C19H34N3O11P/c1-12(2)14(20)17(25)29-9-8-22-18(26)30-11-32-34(27)31-10-19(3,4)15(33-34)16(24)21-7-6-13(23)28-5/h12,14-15H,6-11,20H2,1-5H3,(H,21,24)(H,22,26)/t14-,15-,34?/m0/s1. The van der Waals surface area contributed by atoms with Crippen LogP contribution in [-0.2, 0) is 46.7 Å². The Kier molecular flexibility index (Phi) is 11.9. The Balaban J connectivity index is 2.42. The average molecular weight is 511 g/mol. The number of phosphoric ester groups is 1. The first kappa shape index (κ1) is 29.8. The van der Waals surface area contributed by atoms with E-state index < -0.39 is 56.1 Å². The summed E-state index contributed by atoms with van der Waals surface area (Å²) < 4.78 is 42.2. The highest BCUT2D eigenvalue weighted by molar-refractivity contribution is 7.48. The predicted octanol–water partition coefficient (Wildman–Crippen LogP) is 0.442. The molecule has 0 saturated carbocycles. The Bertz CT molecular complexity index is 775. The van der Waals surface area contributed by atoms with Crippen LogP contribution in [0.3, 0.4) is 0 Å². The smallest absolute Gasteiger partial charge is 0.469 e. The first-order chi connectivity index (χ1) is 15.8. The van der Waals surface area contributed by atoms with Gasteiger partial charge in [0.25, 0.3) is 0 Å². The highest BCUT2D eigenvalue weighted by Crippen LogP contribution is 2.57. The molecule has 0 aromatic heterocycles. The summed E-state index contributed by atoms with van der Waals surface area (Å²) in [6.07, 6.45) is -2.21. The van der Waals surface area contributed by atoms with E-state index in [4.69, 9.17) is 28.8 Å². The van der Waals surface area contributed by atoms with Crippen LogP contribution in [0.5, 0.6) is 0 Å². The van der Waals surface area contributed by atoms with Crippen LogP contribution in [0.2, 0.25) is 0 Å². The van der Waals surface area contributed by atoms with Gasteiger partial charge < -0.3 is 30.6 Å². The van der Waals surface area contributed by atoms with Crippen molar-refractivity contribution in [3.05, 3.63) is 0 Å². The fourth-order valence-electron chi connectivity index (χ4n) is 2.44. The maximum atomic E-state index is 12.7. The second-order valence-electron chi connectivity index (χ2n) is 8.35. The first-order valence-corrected chi connectivity index (χ1v) is 12.0. The molecule has 0 radical (unpaired) electrons. The van der Waals surface area contributed by atoms with Crippen molar-refractivity contribution in [1.82, 2.24) is 10.6 Å². The van der Waals surface area contributed by atoms with Crippen LogP contribution in [0.25, 0.3) is 0 Å². The number of nitrogens with two attached hydrogens (primary N) is 1. The molecule has 196 valence electrons. The second-order valence-corrected chi connectivity index (χ2v) is 9.98. The van der Waals surface area contributed by atoms with E-state index in [1.54, 1.807) is 27.7 Å². The maximum absolute atomic E-state index is 12.7. The summed E-state index contributed by atoms with van der Waals surface area (Å²) in [5.74, 6) is -1.81. The van der Waals surface area contributed by atoms with Crippen molar-refractivity contribution in [3.63, 3.8) is 0 Å². The van der Waals surface area contributed by atoms with E-state index >= 15 is 0 Å². The number of esters is 2. The topological polar surface area (TPSA) is 191 Å². The van der Waals surface area contributed by atoms with E-state index in [9.17, 15) is 23.7 Å². The molecule has 2 amide bonds. The van der Waals surface area contributed by atoms with Crippen LogP contribution >= 0.6 is 7.82 Å². The molecular formula is C19H34N3O11P. The number of hydrogen-bond acceptors (Lipinski definition) is 12. The average Bonchev–Trinajstić information content (AvgIpc) is 2.77. The molecule has 0 aromatic rings. The molecule has 34 heavy (non-hydrogen) atoms. The van der Waals surface area contributed by atoms with Gasteiger partial charge in [0.05, 0.1) is 26.7 Å². The van der Waals surface area contributed by atoms with Gasteiger partial charge in [-0.2, -0.15) is 0 Å². The van der Waals surface area contributed by atoms with Crippen molar-refractivity contribution < 1.29 is 51.5 Å². The van der Waals surface area contributed by atoms with Gasteiger partial charge in [-0.15, -0.1) is 0 Å². The second kappa shape index (κ2) is 13.6. The van der Waals surface area contributed by atoms with Crippen LogP contribution in [0.1, 0.15) is 34.1 Å². The SMILES string of the molecule is COC(=O)CCNC(=O)[C@@H]1OP(=O)(OCOC(=O)NCCOC(=O)[C@@H](N)C(C)C)OCC1(C)C. The minimum absolute atomic E-state index is 0.00450. The lowest BCUT2D eigenvalue weighted by Crippen LogP contribution is -2.50. The third-order valence-electron chi connectivity index (χ3n) is 4.64. The van der Waals surface area contributed by atoms with Crippen LogP contribution in [0, 0.1) is 11.3 Å². The summed E-state index contributed by atoms with van der Waals surface area (Å²) in [5, 5.41) is 4.80. The zero-order chi connectivity index (χ0) is 25.9. The van der Waals surface area contributed by atoms with Crippen molar-refractivity contribution >= 4 is 31.8 Å². The lowest BCUT2D eigenvalue weighted by molar-refractivity contribution is -0.146. The Hall–Kier alpha value is -2.25. The lowest BCUT2D eigenvalue weighted by Gasteiger charge is -2.39. The largest absolute Gasteiger partial charge is 0.478 e. The van der Waals surface area contributed by atoms with Gasteiger partial charge >= 0.3 is 25.9 Å². The van der Waals surface area contributed by atoms with Gasteiger partial charge in [-0.1, -0.05) is 27.7 Å². The maximum Gasteiger partial charge on any atom is 0.478 e. The lowest BCUT2D eigenvalue weighted by atomic mass is 9.87. The zero-order valence-electron chi connectivity index (χ0n) is 20.0. The van der Waals surface area contributed by atoms with Gasteiger partial charge in [0.2, 0.25) is 12.7 Å². The third kappa shape index (κ3) is 9.94. The number of phosphoric acid groups is 1. The minimum atomic E-state index is -4.22. The Morgan fingerprint density at radius 3 is 2.44 bits per heavy atom. The molecule has 1 heterocycles. The normalized spacial score (nSPS) is 22.4. The number of carbonyl (C=O) groups is 4. The molecule has 0 spiro atoms. The van der Waals surface area contributed by atoms with Gasteiger partial charge in [0.1, 0.15) is 12.6 Å². The van der Waals surface area contributed by atoms with Gasteiger partial charge in [0, 0.05) is 12.0 Å². The number of amides is 2. The highest BCUT2D eigenvalue weighted by atomic mass is 31.2. The van der Waals surface area contributed by atoms with Crippen LogP contribution in [0.15, 0.2) is 0 Å². The molecule has 1 aliphatic rings. The Morgan fingerprint density at radius 2 is 1.82 bits per heavy atom. The molecular weight excluding hydrogens is 477 g/mol. The molecule has 3 atom stereocenters. The zero-order valence-corrected chi connectivity index (χ0v) is 20.9. The quantitative estimate of drug-likeness (QED) is 0.108. The minimum Gasteiger partial charge on any atom is -0.469 e. The molecule has 1 saturated heterocycles. The number of alkyl carbamates (subject to hydrolysis) is 1. The van der Waals surface area contributed by atoms with Crippen molar-refractivity contribution in [2.75, 3.05) is 40.2 Å². The summed E-state index contributed by atoms with van der Waals surface area (Å²) in [6, 6.07) is -0.767. The van der Waals surface area contributed by atoms with Crippen molar-refractivity contribution in [2.24, 2.45) is 17.1 Å². The van der Waals surface area contributed by atoms with Crippen LogP contribution < -0.4 is 16.4 Å². The monoisotopic (exact) mass is 511 g/mol. The Labute approximate surface area is 198 Å². The molecule has 1 unspecified atom stereocenters. The van der Waals surface area contributed by atoms with Crippen molar-refractivity contribution in [3.8, 4) is 0 Å². The fraction of sp³-hybridized carbons (Fsp3) is 0.789. The molecule has 1 fully saturated rings. The molecule has 15 heteroatoms. The number of hydrogen-bond donors (Lipinski definition) is 3. The number of rotatable bonds is 12. The molecule has 0 aromatic carbocycles. The number of methoxy groups -OCH3 is 1. The molecule has 14 nitrogen and oxygen atoms in total. The van der Waals surface area contributed by atoms with E-state index in [-0.39, 0.29) is 38.6 Å². The van der Waals surface area contributed by atoms with Crippen molar-refractivity contribution in [2.45, 2.75) is 46.3 Å². The van der Waals surface area contributed by atoms with Crippen molar-refractivity contribution in [1.29, 1.82) is 0 Å². The van der Waals surface area contributed by atoms with Crippen LogP contribution in [0.4, 0.5) is 4.79 Å². The van der Waals surface area contributed by atoms with Crippen LogP contribution in [-0.4, -0.2) is 76.3 Å². The van der Waals surface area contributed by atoms with Gasteiger partial charge in [-0.25, -0.2) is 13.9 Å². The van der Waals surface area contributed by atoms with E-state index in [1.165, 1.54) is 7.11 Å². The number of nitrogens with one attached hydrogen (secondary N) is 2. The molecule has 4 N–H and O–H groups in total. The van der Waals surface area contributed by atoms with Gasteiger partial charge in [-0.3, -0.25) is 23.4 Å². The fourth-order valence-corrected chi connectivity index (χ4v) is 3.95. The summed E-state index contributed by atoms with van der Waals surface area (Å²) in [6.45, 7) is 5.74. The number of carbonyl (C=O) groups excluding carboxylic acids is 4. The summed E-state index contributed by atoms with van der Waals surface area (Å²) in [5.41, 5.74) is 4.78. The van der Waals surface area contributed by atoms with E-state index in [0.29, 0.717) is 0 Å². The first-order valence-electron chi connectivity index (χ1n) is 10.6. The molecule has 0 bridgehead atoms. The highest BCUT2D eigenvalue weighted by Gasteiger charge is 2.49. The van der Waals surface area contributed by atoms with E-state index in [1.807, 2.05) is 0 Å². The number of ether oxygens (including phenoxy) is 3. The third-order valence-corrected chi connectivity index (χ3v) is 5.98. The molecule has 0 aliphatic carbocycles. The predicted molar refractivity (Wildman–Crippen MR) is 116 cm³/mol. The van der Waals surface area contributed by atoms with Gasteiger partial charge in [-0.05, 0) is 5.92 Å². The van der Waals surface area contributed by atoms with Gasteiger partial charge in [0.15, 0.2) is 6.10 Å². The summed E-state index contributed by atoms with van der Waals surface area (Å²) >= 11 is 0. The van der Waals surface area contributed by atoms with E-state index in [0.717, 1.165) is 0 Å². The summed E-state index contributed by atoms with van der Waals surface area (Å²) in [7, 11) is -3.00. The Morgan fingerprint density at radius 1 is 1.15 bits per heavy atom. The summed E-state index contributed by atoms with van der Waals surface area (Å²) in [4.78, 5) is 47.0. The molecule has 1 aliphatic heterocycles. The molecule has 1 rings (SSSR count). The van der Waals surface area contributed by atoms with E-state index in [2.05, 4.69) is 15.4 Å².